The van der Waals surface area contributed by atoms with Crippen molar-refractivity contribution in [3.8, 4) is 6.07 Å². The Labute approximate surface area is 159 Å². The number of nitrogens with zero attached hydrogens (tertiary/aromatic N) is 4. The Kier molecular flexibility index (Phi) is 6.81. The number of nitrogens with one attached hydrogen (secondary N) is 1. The van der Waals surface area contributed by atoms with Gasteiger partial charge in [-0.3, -0.25) is 4.79 Å². The first-order valence-corrected chi connectivity index (χ1v) is 9.69. The summed E-state index contributed by atoms with van der Waals surface area (Å²) in [5.74, 6) is 0.930. The molecule has 0 aliphatic carbocycles. The number of aromatic nitrogens is 3. The van der Waals surface area contributed by atoms with Gasteiger partial charge in [-0.15, -0.1) is 10.2 Å². The molecule has 6 nitrogen and oxygen atoms in total. The van der Waals surface area contributed by atoms with Gasteiger partial charge in [0.1, 0.15) is 11.4 Å². The number of hydrogen-bond donors (Lipinski definition) is 1. The minimum Gasteiger partial charge on any atom is -0.337 e. The molecular formula is C19H25N5OS. The number of hydrogen-bond acceptors (Lipinski definition) is 5. The van der Waals surface area contributed by atoms with Crippen LogP contribution in [0.4, 0.5) is 0 Å². The Morgan fingerprint density at radius 1 is 1.35 bits per heavy atom. The fourth-order valence-electron chi connectivity index (χ4n) is 2.41. The van der Waals surface area contributed by atoms with E-state index in [0.29, 0.717) is 6.42 Å². The lowest BCUT2D eigenvalue weighted by Gasteiger charge is -2.27. The molecule has 1 aromatic carbocycles. The molecule has 1 amide bonds. The third-order valence-corrected chi connectivity index (χ3v) is 5.40. The van der Waals surface area contributed by atoms with Gasteiger partial charge in [0.25, 0.3) is 0 Å². The van der Waals surface area contributed by atoms with Crippen molar-refractivity contribution in [3.63, 3.8) is 0 Å². The number of amides is 1. The van der Waals surface area contributed by atoms with Crippen LogP contribution in [0.25, 0.3) is 0 Å². The molecule has 1 N–H and O–H groups in total. The van der Waals surface area contributed by atoms with E-state index in [2.05, 4.69) is 33.7 Å². The van der Waals surface area contributed by atoms with Gasteiger partial charge in [-0.25, -0.2) is 0 Å². The van der Waals surface area contributed by atoms with E-state index in [1.54, 1.807) is 6.92 Å². The highest BCUT2D eigenvalue weighted by Crippen LogP contribution is 2.20. The SMILES string of the molecule is CCn1c(Cc2ccccc2)nnc1SCC(=O)N[C@](C)(C#N)C(C)C. The van der Waals surface area contributed by atoms with Gasteiger partial charge in [0.05, 0.1) is 11.8 Å². The Morgan fingerprint density at radius 3 is 2.62 bits per heavy atom. The zero-order valence-electron chi connectivity index (χ0n) is 15.7. The molecule has 0 saturated heterocycles. The summed E-state index contributed by atoms with van der Waals surface area (Å²) >= 11 is 1.34. The lowest BCUT2D eigenvalue weighted by molar-refractivity contribution is -0.120. The normalized spacial score (nSPS) is 13.2. The Balaban J connectivity index is 2.02. The second-order valence-electron chi connectivity index (χ2n) is 6.61. The van der Waals surface area contributed by atoms with Crippen molar-refractivity contribution in [1.29, 1.82) is 5.26 Å². The van der Waals surface area contributed by atoms with Crippen molar-refractivity contribution >= 4 is 17.7 Å². The van der Waals surface area contributed by atoms with Gasteiger partial charge in [0.2, 0.25) is 5.91 Å². The highest BCUT2D eigenvalue weighted by Gasteiger charge is 2.30. The van der Waals surface area contributed by atoms with Gasteiger partial charge in [-0.05, 0) is 25.3 Å². The minimum absolute atomic E-state index is 0.0261. The molecule has 0 bridgehead atoms. The van der Waals surface area contributed by atoms with Gasteiger partial charge < -0.3 is 9.88 Å². The highest BCUT2D eigenvalue weighted by molar-refractivity contribution is 7.99. The number of rotatable bonds is 8. The maximum atomic E-state index is 12.3. The molecule has 1 aromatic heterocycles. The average molecular weight is 372 g/mol. The van der Waals surface area contributed by atoms with Crippen LogP contribution in [0.2, 0.25) is 0 Å². The molecule has 0 spiro atoms. The van der Waals surface area contributed by atoms with E-state index in [4.69, 9.17) is 0 Å². The second-order valence-corrected chi connectivity index (χ2v) is 7.55. The molecule has 0 aliphatic heterocycles. The second kappa shape index (κ2) is 8.86. The van der Waals surface area contributed by atoms with Crippen molar-refractivity contribution in [2.24, 2.45) is 5.92 Å². The van der Waals surface area contributed by atoms with Crippen molar-refractivity contribution in [2.45, 2.75) is 51.4 Å². The lowest BCUT2D eigenvalue weighted by atomic mass is 9.90. The topological polar surface area (TPSA) is 83.6 Å². The van der Waals surface area contributed by atoms with E-state index in [0.717, 1.165) is 17.5 Å². The number of nitriles is 1. The molecule has 0 fully saturated rings. The number of carbonyl (C=O) groups is 1. The maximum absolute atomic E-state index is 12.3. The third kappa shape index (κ3) is 4.85. The van der Waals surface area contributed by atoms with E-state index in [1.165, 1.54) is 17.3 Å². The molecule has 1 atom stereocenters. The monoisotopic (exact) mass is 371 g/mol. The average Bonchev–Trinajstić information content (AvgIpc) is 3.02. The van der Waals surface area contributed by atoms with E-state index in [-0.39, 0.29) is 17.6 Å². The van der Waals surface area contributed by atoms with E-state index < -0.39 is 5.54 Å². The molecule has 26 heavy (non-hydrogen) atoms. The Hall–Kier alpha value is -2.33. The molecule has 2 aromatic rings. The van der Waals surface area contributed by atoms with Crippen LogP contribution in [-0.4, -0.2) is 32.0 Å². The fourth-order valence-corrected chi connectivity index (χ4v) is 3.23. The molecule has 1 heterocycles. The van der Waals surface area contributed by atoms with Crippen LogP contribution >= 0.6 is 11.8 Å². The number of benzene rings is 1. The van der Waals surface area contributed by atoms with Gasteiger partial charge in [-0.1, -0.05) is 55.9 Å². The lowest BCUT2D eigenvalue weighted by Crippen LogP contribution is -2.49. The van der Waals surface area contributed by atoms with Crippen LogP contribution in [0, 0.1) is 17.2 Å². The molecule has 0 radical (unpaired) electrons. The molecule has 138 valence electrons. The molecule has 0 saturated carbocycles. The molecule has 2 rings (SSSR count). The molecule has 0 unspecified atom stereocenters. The molecule has 0 aliphatic rings. The Morgan fingerprint density at radius 2 is 2.04 bits per heavy atom. The van der Waals surface area contributed by atoms with Crippen LogP contribution in [0.5, 0.6) is 0 Å². The predicted octanol–water partition coefficient (Wildman–Crippen LogP) is 3.04. The van der Waals surface area contributed by atoms with E-state index in [1.807, 2.05) is 43.5 Å². The molecule has 7 heteroatoms. The van der Waals surface area contributed by atoms with Gasteiger partial charge in [-0.2, -0.15) is 5.26 Å². The summed E-state index contributed by atoms with van der Waals surface area (Å²) in [4.78, 5) is 12.3. The van der Waals surface area contributed by atoms with Crippen LogP contribution in [0.15, 0.2) is 35.5 Å². The van der Waals surface area contributed by atoms with Crippen molar-refractivity contribution in [3.05, 3.63) is 41.7 Å². The summed E-state index contributed by atoms with van der Waals surface area (Å²) in [6.07, 6.45) is 0.703. The van der Waals surface area contributed by atoms with E-state index in [9.17, 15) is 10.1 Å². The van der Waals surface area contributed by atoms with E-state index >= 15 is 0 Å². The first-order chi connectivity index (χ1) is 12.4. The van der Waals surface area contributed by atoms with Gasteiger partial charge >= 0.3 is 0 Å². The van der Waals surface area contributed by atoms with Crippen LogP contribution < -0.4 is 5.32 Å². The quantitative estimate of drug-likeness (QED) is 0.721. The first-order valence-electron chi connectivity index (χ1n) is 8.70. The summed E-state index contributed by atoms with van der Waals surface area (Å²) in [6.45, 7) is 8.35. The van der Waals surface area contributed by atoms with Crippen LogP contribution in [0.3, 0.4) is 0 Å². The maximum Gasteiger partial charge on any atom is 0.231 e. The predicted molar refractivity (Wildman–Crippen MR) is 103 cm³/mol. The summed E-state index contributed by atoms with van der Waals surface area (Å²) in [7, 11) is 0. The van der Waals surface area contributed by atoms with Crippen LogP contribution in [0.1, 0.15) is 39.1 Å². The smallest absolute Gasteiger partial charge is 0.231 e. The summed E-state index contributed by atoms with van der Waals surface area (Å²) in [5.41, 5.74) is 0.305. The van der Waals surface area contributed by atoms with Gasteiger partial charge in [0.15, 0.2) is 5.16 Å². The van der Waals surface area contributed by atoms with Crippen molar-refractivity contribution in [2.75, 3.05) is 5.75 Å². The highest BCUT2D eigenvalue weighted by atomic mass is 32.2. The third-order valence-electron chi connectivity index (χ3n) is 4.43. The first kappa shape index (κ1) is 20.0. The standard InChI is InChI=1S/C19H25N5OS/c1-5-24-16(11-15-9-7-6-8-10-15)22-23-18(24)26-12-17(25)21-19(4,13-20)14(2)3/h6-10,14H,5,11-12H2,1-4H3,(H,21,25)/t19-/m1/s1. The zero-order valence-corrected chi connectivity index (χ0v) is 16.5. The number of carbonyl (C=O) groups excluding carboxylic acids is 1. The minimum atomic E-state index is -0.867. The number of thioether (sulfide) groups is 1. The summed E-state index contributed by atoms with van der Waals surface area (Å²) in [6, 6.07) is 12.3. The largest absolute Gasteiger partial charge is 0.337 e. The summed E-state index contributed by atoms with van der Waals surface area (Å²) < 4.78 is 2.02. The Bertz CT molecular complexity index is 781. The molecular weight excluding hydrogens is 346 g/mol. The summed E-state index contributed by atoms with van der Waals surface area (Å²) in [5, 5.41) is 21.4. The van der Waals surface area contributed by atoms with Crippen LogP contribution in [-0.2, 0) is 17.8 Å². The van der Waals surface area contributed by atoms with Crippen molar-refractivity contribution in [1.82, 2.24) is 20.1 Å². The fraction of sp³-hybridized carbons (Fsp3) is 0.474. The van der Waals surface area contributed by atoms with Crippen molar-refractivity contribution < 1.29 is 4.79 Å². The van der Waals surface area contributed by atoms with Gasteiger partial charge in [0, 0.05) is 13.0 Å². The zero-order chi connectivity index (χ0) is 19.2.